The Hall–Kier alpha value is -0.940. The Balaban J connectivity index is 2.27. The van der Waals surface area contributed by atoms with Crippen LogP contribution in [0.3, 0.4) is 0 Å². The molecule has 1 fully saturated rings. The molecule has 1 aromatic heterocycles. The van der Waals surface area contributed by atoms with Gasteiger partial charge < -0.3 is 9.64 Å². The molecule has 0 spiro atoms. The maximum atomic E-state index is 5.80. The van der Waals surface area contributed by atoms with Gasteiger partial charge in [-0.1, -0.05) is 0 Å². The third kappa shape index (κ3) is 2.35. The normalized spacial score (nSPS) is 21.8. The lowest BCUT2D eigenvalue weighted by atomic mass is 10.3. The number of nitrogens with zero attached hydrogens (tertiary/aromatic N) is 4. The lowest BCUT2D eigenvalue weighted by Crippen LogP contribution is -2.44. The van der Waals surface area contributed by atoms with Gasteiger partial charge in [0.2, 0.25) is 11.2 Å². The molecular weight excluding hydrogens is 216 g/mol. The first-order chi connectivity index (χ1) is 7.16. The first kappa shape index (κ1) is 10.6. The second-order valence-electron chi connectivity index (χ2n) is 3.57. The predicted octanol–water partition coefficient (Wildman–Crippen LogP) is 1.06. The molecule has 0 radical (unpaired) electrons. The standard InChI is InChI=1S/C9H13ClN4O/c1-6-5-15-4-3-14(6)9-12-7(2)11-8(10)13-9/h6H,3-5H2,1-2H3/t6-/m1/s1. The number of aryl methyl sites for hydroxylation is 1. The molecule has 0 saturated carbocycles. The fourth-order valence-corrected chi connectivity index (χ4v) is 1.79. The molecule has 1 aliphatic rings. The van der Waals surface area contributed by atoms with E-state index in [4.69, 9.17) is 16.3 Å². The van der Waals surface area contributed by atoms with E-state index in [9.17, 15) is 0 Å². The third-order valence-electron chi connectivity index (χ3n) is 2.33. The number of morpholine rings is 1. The minimum Gasteiger partial charge on any atom is -0.377 e. The van der Waals surface area contributed by atoms with E-state index < -0.39 is 0 Å². The fourth-order valence-electron chi connectivity index (χ4n) is 1.59. The first-order valence-corrected chi connectivity index (χ1v) is 5.27. The van der Waals surface area contributed by atoms with Gasteiger partial charge in [0.05, 0.1) is 19.3 Å². The van der Waals surface area contributed by atoms with Gasteiger partial charge >= 0.3 is 0 Å². The summed E-state index contributed by atoms with van der Waals surface area (Å²) in [7, 11) is 0. The van der Waals surface area contributed by atoms with E-state index in [1.165, 1.54) is 0 Å². The van der Waals surface area contributed by atoms with Gasteiger partial charge in [0.1, 0.15) is 5.82 Å². The number of ether oxygens (including phenoxy) is 1. The van der Waals surface area contributed by atoms with Gasteiger partial charge in [0.25, 0.3) is 0 Å². The van der Waals surface area contributed by atoms with Crippen molar-refractivity contribution in [3.8, 4) is 0 Å². The third-order valence-corrected chi connectivity index (χ3v) is 2.50. The molecule has 0 N–H and O–H groups in total. The van der Waals surface area contributed by atoms with Gasteiger partial charge in [0.15, 0.2) is 0 Å². The molecule has 0 bridgehead atoms. The maximum absolute atomic E-state index is 5.80. The molecular formula is C9H13ClN4O. The van der Waals surface area contributed by atoms with Crippen LogP contribution in [-0.2, 0) is 4.74 Å². The van der Waals surface area contributed by atoms with Crippen LogP contribution in [0.4, 0.5) is 5.95 Å². The summed E-state index contributed by atoms with van der Waals surface area (Å²) < 4.78 is 5.35. The largest absolute Gasteiger partial charge is 0.377 e. The summed E-state index contributed by atoms with van der Waals surface area (Å²) in [6.07, 6.45) is 0. The lowest BCUT2D eigenvalue weighted by molar-refractivity contribution is 0.0980. The van der Waals surface area contributed by atoms with Crippen LogP contribution in [0.25, 0.3) is 0 Å². The van der Waals surface area contributed by atoms with Crippen LogP contribution in [0.2, 0.25) is 5.28 Å². The molecule has 5 nitrogen and oxygen atoms in total. The van der Waals surface area contributed by atoms with Crippen LogP contribution in [-0.4, -0.2) is 40.8 Å². The van der Waals surface area contributed by atoms with E-state index in [-0.39, 0.29) is 11.3 Å². The number of hydrogen-bond acceptors (Lipinski definition) is 5. The van der Waals surface area contributed by atoms with Gasteiger partial charge in [-0.25, -0.2) is 4.98 Å². The highest BCUT2D eigenvalue weighted by molar-refractivity contribution is 6.28. The summed E-state index contributed by atoms with van der Waals surface area (Å²) in [5, 5.41) is 0.246. The van der Waals surface area contributed by atoms with Gasteiger partial charge in [-0.2, -0.15) is 9.97 Å². The summed E-state index contributed by atoms with van der Waals surface area (Å²) in [6, 6.07) is 0.275. The van der Waals surface area contributed by atoms with Gasteiger partial charge in [-0.05, 0) is 25.4 Å². The van der Waals surface area contributed by atoms with Crippen molar-refractivity contribution in [2.24, 2.45) is 0 Å². The van der Waals surface area contributed by atoms with E-state index in [0.29, 0.717) is 25.0 Å². The minimum atomic E-state index is 0.246. The zero-order valence-corrected chi connectivity index (χ0v) is 9.53. The Labute approximate surface area is 93.5 Å². The van der Waals surface area contributed by atoms with Crippen molar-refractivity contribution in [3.05, 3.63) is 11.1 Å². The van der Waals surface area contributed by atoms with Crippen LogP contribution >= 0.6 is 11.6 Å². The van der Waals surface area contributed by atoms with Gasteiger partial charge in [-0.15, -0.1) is 0 Å². The SMILES string of the molecule is Cc1nc(Cl)nc(N2CCOC[C@H]2C)n1. The Bertz CT molecular complexity index is 340. The second kappa shape index (κ2) is 4.28. The molecule has 1 aromatic rings. The minimum absolute atomic E-state index is 0.246. The van der Waals surface area contributed by atoms with Gasteiger partial charge in [-0.3, -0.25) is 0 Å². The Kier molecular flexibility index (Phi) is 3.02. The monoisotopic (exact) mass is 228 g/mol. The highest BCUT2D eigenvalue weighted by Crippen LogP contribution is 2.16. The van der Waals surface area contributed by atoms with Crippen molar-refractivity contribution in [3.63, 3.8) is 0 Å². The average molecular weight is 229 g/mol. The Morgan fingerprint density at radius 3 is 2.87 bits per heavy atom. The second-order valence-corrected chi connectivity index (χ2v) is 3.91. The molecule has 6 heteroatoms. The highest BCUT2D eigenvalue weighted by atomic mass is 35.5. The summed E-state index contributed by atoms with van der Waals surface area (Å²) in [4.78, 5) is 14.4. The number of rotatable bonds is 1. The maximum Gasteiger partial charge on any atom is 0.230 e. The predicted molar refractivity (Wildman–Crippen MR) is 57.2 cm³/mol. The lowest BCUT2D eigenvalue weighted by Gasteiger charge is -2.33. The van der Waals surface area contributed by atoms with Crippen molar-refractivity contribution >= 4 is 17.5 Å². The van der Waals surface area contributed by atoms with Crippen LogP contribution in [0.1, 0.15) is 12.7 Å². The van der Waals surface area contributed by atoms with Gasteiger partial charge in [0, 0.05) is 6.54 Å². The van der Waals surface area contributed by atoms with Crippen molar-refractivity contribution in [2.75, 3.05) is 24.7 Å². The molecule has 1 aliphatic heterocycles. The summed E-state index contributed by atoms with van der Waals surface area (Å²) in [5.41, 5.74) is 0. The molecule has 0 aliphatic carbocycles. The quantitative estimate of drug-likeness (QED) is 0.720. The number of aromatic nitrogens is 3. The molecule has 0 unspecified atom stereocenters. The molecule has 0 amide bonds. The number of halogens is 1. The molecule has 82 valence electrons. The van der Waals surface area contributed by atoms with E-state index in [1.807, 2.05) is 6.92 Å². The smallest absolute Gasteiger partial charge is 0.230 e. The van der Waals surface area contributed by atoms with Crippen LogP contribution in [0, 0.1) is 6.92 Å². The Morgan fingerprint density at radius 2 is 2.20 bits per heavy atom. The Morgan fingerprint density at radius 1 is 1.40 bits per heavy atom. The van der Waals surface area contributed by atoms with Crippen molar-refractivity contribution in [2.45, 2.75) is 19.9 Å². The van der Waals surface area contributed by atoms with Crippen LogP contribution < -0.4 is 4.90 Å². The van der Waals surface area contributed by atoms with Crippen molar-refractivity contribution in [1.29, 1.82) is 0 Å². The van der Waals surface area contributed by atoms with Crippen molar-refractivity contribution in [1.82, 2.24) is 15.0 Å². The van der Waals surface area contributed by atoms with E-state index in [0.717, 1.165) is 6.54 Å². The fraction of sp³-hybridized carbons (Fsp3) is 0.667. The zero-order valence-electron chi connectivity index (χ0n) is 8.77. The zero-order chi connectivity index (χ0) is 10.8. The van der Waals surface area contributed by atoms with Crippen LogP contribution in [0.15, 0.2) is 0 Å². The molecule has 15 heavy (non-hydrogen) atoms. The highest BCUT2D eigenvalue weighted by Gasteiger charge is 2.21. The molecule has 2 rings (SSSR count). The summed E-state index contributed by atoms with van der Waals surface area (Å²) >= 11 is 5.80. The first-order valence-electron chi connectivity index (χ1n) is 4.89. The molecule has 1 atom stereocenters. The topological polar surface area (TPSA) is 51.1 Å². The van der Waals surface area contributed by atoms with E-state index in [1.54, 1.807) is 0 Å². The number of hydrogen-bond donors (Lipinski definition) is 0. The summed E-state index contributed by atoms with van der Waals surface area (Å²) in [5.74, 6) is 1.28. The molecule has 2 heterocycles. The van der Waals surface area contributed by atoms with E-state index >= 15 is 0 Å². The van der Waals surface area contributed by atoms with E-state index in [2.05, 4.69) is 26.8 Å². The summed E-state index contributed by atoms with van der Waals surface area (Å²) in [6.45, 7) is 6.07. The molecule has 1 saturated heterocycles. The number of anilines is 1. The van der Waals surface area contributed by atoms with Crippen molar-refractivity contribution < 1.29 is 4.74 Å². The molecule has 0 aromatic carbocycles. The average Bonchev–Trinajstić information content (AvgIpc) is 2.16. The van der Waals surface area contributed by atoms with Crippen LogP contribution in [0.5, 0.6) is 0 Å².